The lowest BCUT2D eigenvalue weighted by molar-refractivity contribution is 1.10. The second kappa shape index (κ2) is 3.55. The fraction of sp³-hybridized carbons (Fsp3) is 0. The molecule has 0 fully saturated rings. The van der Waals surface area contributed by atoms with Gasteiger partial charge in [0, 0.05) is 11.1 Å². The van der Waals surface area contributed by atoms with Crippen LogP contribution in [-0.4, -0.2) is 15.3 Å². The monoisotopic (exact) mass is 270 g/mol. The molecule has 1 heterocycles. The Labute approximate surface area is 94.0 Å². The maximum atomic E-state index is 5.36. The zero-order valence-corrected chi connectivity index (χ0v) is 9.45. The summed E-state index contributed by atoms with van der Waals surface area (Å²) in [4.78, 5) is 0. The van der Waals surface area contributed by atoms with Gasteiger partial charge in [-0.2, -0.15) is 5.10 Å². The number of H-pyrrole nitrogens is 1. The smallest absolute Gasteiger partial charge is 0.168 e. The molecule has 4 nitrogen and oxygen atoms in total. The maximum absolute atomic E-state index is 5.36. The summed E-state index contributed by atoms with van der Waals surface area (Å²) in [5, 5.41) is 11.0. The number of anilines is 1. The Bertz CT molecular complexity index is 493. The second-order valence-corrected chi connectivity index (χ2v) is 3.99. The zero-order valence-electron chi connectivity index (χ0n) is 7.04. The predicted molar refractivity (Wildman–Crippen MR) is 64.2 cm³/mol. The number of fused-ring (bicyclic) bond motifs is 1. The van der Waals surface area contributed by atoms with Crippen LogP contribution < -0.4 is 11.1 Å². The van der Waals surface area contributed by atoms with Crippen molar-refractivity contribution < 1.29 is 0 Å². The zero-order chi connectivity index (χ0) is 10.1. The number of nitrogens with one attached hydrogen (secondary N) is 2. The number of halogens is 1. The van der Waals surface area contributed by atoms with Crippen molar-refractivity contribution in [1.29, 1.82) is 0 Å². The first kappa shape index (κ1) is 9.42. The first-order valence-corrected chi connectivity index (χ1v) is 5.07. The van der Waals surface area contributed by atoms with Crippen molar-refractivity contribution in [2.75, 3.05) is 5.32 Å². The van der Waals surface area contributed by atoms with E-state index < -0.39 is 0 Å². The highest BCUT2D eigenvalue weighted by molar-refractivity contribution is 9.10. The molecule has 1 aromatic heterocycles. The van der Waals surface area contributed by atoms with Crippen molar-refractivity contribution in [1.82, 2.24) is 10.2 Å². The molecule has 4 N–H and O–H groups in total. The van der Waals surface area contributed by atoms with Crippen molar-refractivity contribution >= 4 is 49.9 Å². The van der Waals surface area contributed by atoms with E-state index >= 15 is 0 Å². The van der Waals surface area contributed by atoms with Crippen LogP contribution in [0.5, 0.6) is 0 Å². The van der Waals surface area contributed by atoms with Crippen molar-refractivity contribution in [2.24, 2.45) is 5.73 Å². The van der Waals surface area contributed by atoms with E-state index in [1.807, 2.05) is 18.2 Å². The SMILES string of the molecule is NC(=S)Nc1ccc2c(Br)[nH]nc2c1. The molecule has 0 saturated carbocycles. The molecule has 72 valence electrons. The normalized spacial score (nSPS) is 10.4. The molecule has 2 rings (SSSR count). The van der Waals surface area contributed by atoms with Crippen molar-refractivity contribution in [3.63, 3.8) is 0 Å². The minimum Gasteiger partial charge on any atom is -0.376 e. The van der Waals surface area contributed by atoms with Crippen LogP contribution in [0.3, 0.4) is 0 Å². The highest BCUT2D eigenvalue weighted by Crippen LogP contribution is 2.23. The summed E-state index contributed by atoms with van der Waals surface area (Å²) in [6.45, 7) is 0. The minimum absolute atomic E-state index is 0.249. The lowest BCUT2D eigenvalue weighted by Crippen LogP contribution is -2.18. The third-order valence-corrected chi connectivity index (χ3v) is 2.48. The average Bonchev–Trinajstić information content (AvgIpc) is 2.46. The number of benzene rings is 1. The average molecular weight is 271 g/mol. The Morgan fingerprint density at radius 3 is 3.07 bits per heavy atom. The van der Waals surface area contributed by atoms with Crippen LogP contribution in [0.1, 0.15) is 0 Å². The van der Waals surface area contributed by atoms with Crippen LogP contribution in [-0.2, 0) is 0 Å². The number of hydrogen-bond acceptors (Lipinski definition) is 2. The standard InChI is InChI=1S/C8H7BrN4S/c9-7-5-2-1-4(11-8(10)14)3-6(5)12-13-7/h1-3H,(H,12,13)(H3,10,11,14). The number of aromatic nitrogens is 2. The van der Waals surface area contributed by atoms with Crippen LogP contribution in [0.2, 0.25) is 0 Å². The molecule has 0 unspecified atom stereocenters. The van der Waals surface area contributed by atoms with Gasteiger partial charge in [0.25, 0.3) is 0 Å². The van der Waals surface area contributed by atoms with E-state index in [1.165, 1.54) is 0 Å². The molecule has 0 atom stereocenters. The number of nitrogens with two attached hydrogens (primary N) is 1. The van der Waals surface area contributed by atoms with E-state index in [2.05, 4.69) is 31.4 Å². The topological polar surface area (TPSA) is 66.7 Å². The molecule has 0 bridgehead atoms. The molecule has 0 aliphatic carbocycles. The van der Waals surface area contributed by atoms with Crippen LogP contribution in [0, 0.1) is 0 Å². The number of hydrogen-bond donors (Lipinski definition) is 3. The predicted octanol–water partition coefficient (Wildman–Crippen LogP) is 1.98. The van der Waals surface area contributed by atoms with Crippen molar-refractivity contribution in [3.05, 3.63) is 22.8 Å². The fourth-order valence-electron chi connectivity index (χ4n) is 1.20. The summed E-state index contributed by atoms with van der Waals surface area (Å²) in [6, 6.07) is 5.70. The Kier molecular flexibility index (Phi) is 2.39. The third-order valence-electron chi connectivity index (χ3n) is 1.78. The third kappa shape index (κ3) is 1.71. The molecule has 0 spiro atoms. The van der Waals surface area contributed by atoms with Gasteiger partial charge in [0.05, 0.1) is 5.52 Å². The first-order valence-electron chi connectivity index (χ1n) is 3.87. The Morgan fingerprint density at radius 2 is 2.36 bits per heavy atom. The number of aromatic amines is 1. The maximum Gasteiger partial charge on any atom is 0.168 e. The van der Waals surface area contributed by atoms with E-state index in [4.69, 9.17) is 18.0 Å². The Morgan fingerprint density at radius 1 is 1.57 bits per heavy atom. The number of nitrogens with zero attached hydrogens (tertiary/aromatic N) is 1. The van der Waals surface area contributed by atoms with Gasteiger partial charge in [-0.15, -0.1) is 0 Å². The van der Waals surface area contributed by atoms with Crippen LogP contribution >= 0.6 is 28.1 Å². The van der Waals surface area contributed by atoms with E-state index in [9.17, 15) is 0 Å². The summed E-state index contributed by atoms with van der Waals surface area (Å²) in [5.74, 6) is 0. The molecule has 0 saturated heterocycles. The van der Waals surface area contributed by atoms with Gasteiger partial charge in [-0.25, -0.2) is 0 Å². The van der Waals surface area contributed by atoms with E-state index in [-0.39, 0.29) is 5.11 Å². The van der Waals surface area contributed by atoms with Gasteiger partial charge in [-0.05, 0) is 46.3 Å². The number of rotatable bonds is 1. The van der Waals surface area contributed by atoms with E-state index in [1.54, 1.807) is 0 Å². The number of thiocarbonyl (C=S) groups is 1. The molecular weight excluding hydrogens is 264 g/mol. The minimum atomic E-state index is 0.249. The van der Waals surface area contributed by atoms with E-state index in [0.29, 0.717) is 0 Å². The van der Waals surface area contributed by atoms with Crippen molar-refractivity contribution in [2.45, 2.75) is 0 Å². The van der Waals surface area contributed by atoms with Gasteiger partial charge in [0.15, 0.2) is 5.11 Å². The second-order valence-electron chi connectivity index (χ2n) is 2.76. The van der Waals surface area contributed by atoms with Gasteiger partial charge in [-0.3, -0.25) is 5.10 Å². The molecule has 14 heavy (non-hydrogen) atoms. The molecule has 1 aromatic carbocycles. The van der Waals surface area contributed by atoms with Crippen LogP contribution in [0.15, 0.2) is 22.8 Å². The summed E-state index contributed by atoms with van der Waals surface area (Å²) in [6.07, 6.45) is 0. The molecule has 0 aliphatic rings. The van der Waals surface area contributed by atoms with Crippen LogP contribution in [0.4, 0.5) is 5.69 Å². The van der Waals surface area contributed by atoms with Gasteiger partial charge in [0.2, 0.25) is 0 Å². The summed E-state index contributed by atoms with van der Waals surface area (Å²) < 4.78 is 0.870. The van der Waals surface area contributed by atoms with Gasteiger partial charge >= 0.3 is 0 Å². The largest absolute Gasteiger partial charge is 0.376 e. The van der Waals surface area contributed by atoms with E-state index in [0.717, 1.165) is 21.2 Å². The lowest BCUT2D eigenvalue weighted by Gasteiger charge is -2.02. The summed E-state index contributed by atoms with van der Waals surface area (Å²) >= 11 is 8.09. The lowest BCUT2D eigenvalue weighted by atomic mass is 10.2. The highest BCUT2D eigenvalue weighted by atomic mass is 79.9. The van der Waals surface area contributed by atoms with Gasteiger partial charge in [-0.1, -0.05) is 0 Å². The van der Waals surface area contributed by atoms with Gasteiger partial charge < -0.3 is 11.1 Å². The Hall–Kier alpha value is -1.14. The molecule has 0 radical (unpaired) electrons. The molecule has 2 aromatic rings. The molecule has 0 amide bonds. The van der Waals surface area contributed by atoms with Gasteiger partial charge in [0.1, 0.15) is 4.60 Å². The summed E-state index contributed by atoms with van der Waals surface area (Å²) in [5.41, 5.74) is 7.05. The molecule has 0 aliphatic heterocycles. The highest BCUT2D eigenvalue weighted by Gasteiger charge is 2.03. The first-order chi connectivity index (χ1) is 6.66. The Balaban J connectivity index is 2.46. The summed E-state index contributed by atoms with van der Waals surface area (Å²) in [7, 11) is 0. The van der Waals surface area contributed by atoms with Crippen molar-refractivity contribution in [3.8, 4) is 0 Å². The molecule has 6 heteroatoms. The fourth-order valence-corrected chi connectivity index (χ4v) is 1.74. The molecular formula is C8H7BrN4S. The quantitative estimate of drug-likeness (QED) is 0.694. The van der Waals surface area contributed by atoms with Crippen LogP contribution in [0.25, 0.3) is 10.9 Å².